The Morgan fingerprint density at radius 1 is 1.21 bits per heavy atom. The minimum atomic E-state index is -0.786. The molecule has 28 heavy (non-hydrogen) atoms. The van der Waals surface area contributed by atoms with Crippen LogP contribution >= 0.6 is 0 Å². The van der Waals surface area contributed by atoms with Crippen LogP contribution in [0.1, 0.15) is 55.6 Å². The summed E-state index contributed by atoms with van der Waals surface area (Å²) in [6.07, 6.45) is 6.90. The monoisotopic (exact) mass is 383 g/mol. The van der Waals surface area contributed by atoms with Gasteiger partial charge in [0.15, 0.2) is 11.9 Å². The molecule has 0 radical (unpaired) electrons. The lowest BCUT2D eigenvalue weighted by Crippen LogP contribution is -2.52. The van der Waals surface area contributed by atoms with Crippen molar-refractivity contribution in [2.45, 2.75) is 56.8 Å². The molecule has 1 aromatic heterocycles. The number of carbonyl (C=O) groups is 2. The third-order valence-electron chi connectivity index (χ3n) is 5.47. The van der Waals surface area contributed by atoms with Crippen LogP contribution in [0.25, 0.3) is 0 Å². The van der Waals surface area contributed by atoms with Gasteiger partial charge < -0.3 is 19.9 Å². The van der Waals surface area contributed by atoms with Crippen LogP contribution in [0.15, 0.2) is 36.7 Å². The highest BCUT2D eigenvalue weighted by Gasteiger charge is 2.36. The fraction of sp³-hybridized carbons (Fsp3) is 0.500. The molecule has 1 saturated carbocycles. The topological polar surface area (TPSA) is 98.1 Å². The van der Waals surface area contributed by atoms with E-state index in [0.717, 1.165) is 24.2 Å². The number of morpholine rings is 1. The molecule has 0 bridgehead atoms. The second kappa shape index (κ2) is 8.52. The Hall–Kier alpha value is -2.74. The normalized spacial score (nSPS) is 23.2. The first-order valence-electron chi connectivity index (χ1n) is 9.84. The number of nitrogens with zero attached hydrogens (tertiary/aromatic N) is 3. The van der Waals surface area contributed by atoms with Crippen molar-refractivity contribution >= 4 is 11.8 Å². The van der Waals surface area contributed by atoms with Gasteiger partial charge in [0.05, 0.1) is 12.6 Å². The van der Waals surface area contributed by atoms with Crippen LogP contribution < -0.4 is 10.6 Å². The Morgan fingerprint density at radius 3 is 2.79 bits per heavy atom. The quantitative estimate of drug-likeness (QED) is 0.818. The zero-order valence-electron chi connectivity index (χ0n) is 15.7. The van der Waals surface area contributed by atoms with E-state index >= 15 is 0 Å². The molecule has 1 aliphatic carbocycles. The molecule has 8 nitrogen and oxygen atoms in total. The van der Waals surface area contributed by atoms with Crippen molar-refractivity contribution in [1.29, 1.82) is 0 Å². The maximum atomic E-state index is 12.8. The molecule has 1 saturated heterocycles. The van der Waals surface area contributed by atoms with Crippen molar-refractivity contribution in [3.05, 3.63) is 48.0 Å². The molecule has 1 aromatic carbocycles. The minimum Gasteiger partial charge on any atom is -0.356 e. The van der Waals surface area contributed by atoms with E-state index in [-0.39, 0.29) is 25.0 Å². The van der Waals surface area contributed by atoms with Crippen molar-refractivity contribution < 1.29 is 14.3 Å². The predicted octanol–water partition coefficient (Wildman–Crippen LogP) is 1.66. The highest BCUT2D eigenvalue weighted by Crippen LogP contribution is 2.28. The summed E-state index contributed by atoms with van der Waals surface area (Å²) in [5.41, 5.74) is 0.834. The van der Waals surface area contributed by atoms with E-state index in [0.29, 0.717) is 6.04 Å². The fourth-order valence-corrected chi connectivity index (χ4v) is 4.02. The van der Waals surface area contributed by atoms with Gasteiger partial charge in [0.2, 0.25) is 5.91 Å². The van der Waals surface area contributed by atoms with Gasteiger partial charge in [0.1, 0.15) is 12.9 Å². The van der Waals surface area contributed by atoms with Gasteiger partial charge >= 0.3 is 0 Å². The van der Waals surface area contributed by atoms with Crippen LogP contribution in [-0.4, -0.2) is 39.3 Å². The van der Waals surface area contributed by atoms with Crippen molar-refractivity contribution in [3.8, 4) is 0 Å². The largest absolute Gasteiger partial charge is 0.356 e. The lowest BCUT2D eigenvalue weighted by molar-refractivity contribution is -0.148. The summed E-state index contributed by atoms with van der Waals surface area (Å²) in [4.78, 5) is 24.6. The summed E-state index contributed by atoms with van der Waals surface area (Å²) in [6.45, 7) is 0.157. The molecule has 2 atom stereocenters. The Kier molecular flexibility index (Phi) is 5.66. The van der Waals surface area contributed by atoms with Crippen molar-refractivity contribution in [2.24, 2.45) is 0 Å². The Balaban J connectivity index is 1.43. The van der Waals surface area contributed by atoms with Gasteiger partial charge in [0, 0.05) is 6.04 Å². The maximum absolute atomic E-state index is 12.8. The Labute approximate surface area is 163 Å². The zero-order chi connectivity index (χ0) is 19.3. The third kappa shape index (κ3) is 4.06. The standard InChI is InChI=1S/C20H25N5O3/c26-17-12-28-19(18(23-17)14-7-3-1-4-8-14)20(27)21-11-16-24-22-13-25(16)15-9-5-2-6-10-15/h1,3-4,7-8,13,15,18-19H,2,5-6,9-12H2,(H,21,27)(H,23,26)/t18-,19+/m1/s1. The second-order valence-electron chi connectivity index (χ2n) is 7.35. The minimum absolute atomic E-state index is 0.125. The van der Waals surface area contributed by atoms with Crippen LogP contribution in [0.2, 0.25) is 0 Å². The molecule has 2 N–H and O–H groups in total. The molecule has 1 aliphatic heterocycles. The van der Waals surface area contributed by atoms with Gasteiger partial charge in [0.25, 0.3) is 5.91 Å². The summed E-state index contributed by atoms with van der Waals surface area (Å²) in [7, 11) is 0. The third-order valence-corrected chi connectivity index (χ3v) is 5.47. The molecule has 2 heterocycles. The van der Waals surface area contributed by atoms with Gasteiger partial charge in [-0.1, -0.05) is 49.6 Å². The molecular weight excluding hydrogens is 358 g/mol. The second-order valence-corrected chi connectivity index (χ2v) is 7.35. The molecule has 2 amide bonds. The fourth-order valence-electron chi connectivity index (χ4n) is 4.02. The molecule has 4 rings (SSSR count). The first-order chi connectivity index (χ1) is 13.7. The van der Waals surface area contributed by atoms with Crippen molar-refractivity contribution in [3.63, 3.8) is 0 Å². The van der Waals surface area contributed by atoms with Crippen LogP contribution in [0.4, 0.5) is 0 Å². The number of aromatic nitrogens is 3. The molecule has 0 unspecified atom stereocenters. The van der Waals surface area contributed by atoms with Gasteiger partial charge in [-0.25, -0.2) is 0 Å². The van der Waals surface area contributed by atoms with Crippen molar-refractivity contribution in [2.75, 3.05) is 6.61 Å². The van der Waals surface area contributed by atoms with Crippen LogP contribution in [0.5, 0.6) is 0 Å². The zero-order valence-corrected chi connectivity index (χ0v) is 15.7. The number of ether oxygens (including phenoxy) is 1. The molecule has 0 spiro atoms. The maximum Gasteiger partial charge on any atom is 0.252 e. The van der Waals surface area contributed by atoms with E-state index in [2.05, 4.69) is 25.4 Å². The molecule has 148 valence electrons. The van der Waals surface area contributed by atoms with E-state index in [1.165, 1.54) is 19.3 Å². The first kappa shape index (κ1) is 18.6. The molecule has 2 aliphatic rings. The van der Waals surface area contributed by atoms with E-state index in [9.17, 15) is 9.59 Å². The number of benzene rings is 1. The van der Waals surface area contributed by atoms with Crippen LogP contribution in [0.3, 0.4) is 0 Å². The lowest BCUT2D eigenvalue weighted by atomic mass is 9.95. The van der Waals surface area contributed by atoms with Gasteiger partial charge in [-0.05, 0) is 18.4 Å². The van der Waals surface area contributed by atoms with Gasteiger partial charge in [-0.2, -0.15) is 0 Å². The van der Waals surface area contributed by atoms with Crippen LogP contribution in [-0.2, 0) is 20.9 Å². The van der Waals surface area contributed by atoms with Gasteiger partial charge in [-0.15, -0.1) is 10.2 Å². The van der Waals surface area contributed by atoms with Crippen molar-refractivity contribution in [1.82, 2.24) is 25.4 Å². The van der Waals surface area contributed by atoms with E-state index in [4.69, 9.17) is 4.74 Å². The Bertz CT molecular complexity index is 816. The summed E-state index contributed by atoms with van der Waals surface area (Å²) in [5.74, 6) is 0.248. The number of nitrogens with one attached hydrogen (secondary N) is 2. The molecule has 2 fully saturated rings. The summed E-state index contributed by atoms with van der Waals surface area (Å²) in [6, 6.07) is 9.27. The van der Waals surface area contributed by atoms with E-state index < -0.39 is 12.1 Å². The number of amides is 2. The SMILES string of the molecule is O=C1CO[C@H](C(=O)NCc2nncn2C2CCCCC2)[C@@H](c2ccccc2)N1. The molecular formula is C20H25N5O3. The average molecular weight is 383 g/mol. The number of hydrogen-bond acceptors (Lipinski definition) is 5. The average Bonchev–Trinajstić information content (AvgIpc) is 3.22. The predicted molar refractivity (Wildman–Crippen MR) is 101 cm³/mol. The van der Waals surface area contributed by atoms with E-state index in [1.807, 2.05) is 30.3 Å². The number of rotatable bonds is 5. The van der Waals surface area contributed by atoms with Gasteiger partial charge in [-0.3, -0.25) is 9.59 Å². The highest BCUT2D eigenvalue weighted by atomic mass is 16.5. The number of carbonyl (C=O) groups excluding carboxylic acids is 2. The Morgan fingerprint density at radius 2 is 2.00 bits per heavy atom. The highest BCUT2D eigenvalue weighted by molar-refractivity contribution is 5.86. The van der Waals surface area contributed by atoms with E-state index in [1.54, 1.807) is 6.33 Å². The summed E-state index contributed by atoms with van der Waals surface area (Å²) in [5, 5.41) is 14.0. The summed E-state index contributed by atoms with van der Waals surface area (Å²) >= 11 is 0. The first-order valence-corrected chi connectivity index (χ1v) is 9.84. The van der Waals surface area contributed by atoms with Crippen LogP contribution in [0, 0.1) is 0 Å². The molecule has 2 aromatic rings. The lowest BCUT2D eigenvalue weighted by Gasteiger charge is -2.31. The summed E-state index contributed by atoms with van der Waals surface area (Å²) < 4.78 is 7.65. The number of hydrogen-bond donors (Lipinski definition) is 2. The smallest absolute Gasteiger partial charge is 0.252 e. The molecule has 8 heteroatoms.